The molecule has 2 aliphatic rings. The third-order valence-electron chi connectivity index (χ3n) is 7.89. The van der Waals surface area contributed by atoms with E-state index >= 15 is 0 Å². The van der Waals surface area contributed by atoms with Crippen molar-refractivity contribution < 1.29 is 26.7 Å². The lowest BCUT2D eigenvalue weighted by atomic mass is 9.92. The van der Waals surface area contributed by atoms with E-state index in [1.54, 1.807) is 30.1 Å². The molecule has 11 nitrogen and oxygen atoms in total. The predicted octanol–water partition coefficient (Wildman–Crippen LogP) is 5.89. The molecule has 0 aliphatic carbocycles. The quantitative estimate of drug-likeness (QED) is 0.113. The Morgan fingerprint density at radius 3 is 2.62 bits per heavy atom. The van der Waals surface area contributed by atoms with Gasteiger partial charge in [0.2, 0.25) is 0 Å². The van der Waals surface area contributed by atoms with Crippen molar-refractivity contribution in [3.63, 3.8) is 0 Å². The molecule has 2 unspecified atom stereocenters. The summed E-state index contributed by atoms with van der Waals surface area (Å²) in [4.78, 5) is 15.5. The molecule has 1 aromatic carbocycles. The van der Waals surface area contributed by atoms with Crippen molar-refractivity contribution in [1.29, 1.82) is 0 Å². The number of nitrogens with zero attached hydrogens (tertiary/aromatic N) is 6. The Kier molecular flexibility index (Phi) is 10.6. The van der Waals surface area contributed by atoms with Crippen molar-refractivity contribution in [2.24, 2.45) is 4.99 Å². The lowest BCUT2D eigenvalue weighted by molar-refractivity contribution is 0.0185. The van der Waals surface area contributed by atoms with Crippen LogP contribution in [0, 0.1) is 5.82 Å². The maximum Gasteiger partial charge on any atom is 0.333 e. The number of aromatic nitrogens is 4. The SMILES string of the molecule is CC(CC(O)(CCI)c1nccs1)NS(=O)(=O)N[C@H]1CC2=C(c3ccn(C(F)F)n3)[C@H](c3ccc(F)cc3Cl)N=C(c3nccs3)N2C1. The molecular formula is C29H29ClF3IN8O3S3. The number of hydrogen-bond donors (Lipinski definition) is 3. The predicted molar refractivity (Wildman–Crippen MR) is 187 cm³/mol. The normalized spacial score (nSPS) is 20.2. The zero-order valence-corrected chi connectivity index (χ0v) is 30.5. The van der Waals surface area contributed by atoms with Gasteiger partial charge < -0.3 is 10.0 Å². The number of halogens is 5. The van der Waals surface area contributed by atoms with E-state index in [4.69, 9.17) is 16.6 Å². The van der Waals surface area contributed by atoms with Crippen LogP contribution in [-0.4, -0.2) is 67.1 Å². The lowest BCUT2D eigenvalue weighted by Crippen LogP contribution is -2.48. The Hall–Kier alpha value is -2.46. The van der Waals surface area contributed by atoms with Crippen LogP contribution in [0.5, 0.6) is 0 Å². The summed E-state index contributed by atoms with van der Waals surface area (Å²) in [5, 5.41) is 20.2. The second kappa shape index (κ2) is 14.4. The smallest absolute Gasteiger partial charge is 0.333 e. The number of aliphatic hydroxyl groups is 1. The van der Waals surface area contributed by atoms with Gasteiger partial charge in [-0.25, -0.2) is 19.0 Å². The lowest BCUT2D eigenvalue weighted by Gasteiger charge is -2.32. The highest BCUT2D eigenvalue weighted by molar-refractivity contribution is 14.1. The molecule has 48 heavy (non-hydrogen) atoms. The maximum atomic E-state index is 14.1. The van der Waals surface area contributed by atoms with E-state index in [2.05, 4.69) is 47.1 Å². The number of amidine groups is 1. The van der Waals surface area contributed by atoms with Gasteiger partial charge in [-0.15, -0.1) is 22.7 Å². The second-order valence-corrected chi connectivity index (χ2v) is 16.1. The summed E-state index contributed by atoms with van der Waals surface area (Å²) in [7, 11) is -4.11. The van der Waals surface area contributed by atoms with Gasteiger partial charge in [0, 0.05) is 80.7 Å². The molecular weight excluding hydrogens is 824 g/mol. The molecule has 0 amide bonds. The van der Waals surface area contributed by atoms with E-state index in [1.807, 2.05) is 4.90 Å². The summed E-state index contributed by atoms with van der Waals surface area (Å²) < 4.78 is 74.9. The number of fused-ring (bicyclic) bond motifs is 1. The Labute approximate surface area is 301 Å². The third-order valence-corrected chi connectivity index (χ3v) is 11.8. The van der Waals surface area contributed by atoms with Gasteiger partial charge in [-0.2, -0.15) is 31.7 Å². The van der Waals surface area contributed by atoms with Gasteiger partial charge in [0.25, 0.3) is 10.2 Å². The summed E-state index contributed by atoms with van der Waals surface area (Å²) in [5.41, 5.74) is 0.316. The molecule has 3 N–H and O–H groups in total. The first kappa shape index (κ1) is 35.4. The van der Waals surface area contributed by atoms with Gasteiger partial charge in [0.1, 0.15) is 22.5 Å². The molecule has 0 saturated carbocycles. The van der Waals surface area contributed by atoms with Crippen LogP contribution in [0.4, 0.5) is 13.2 Å². The molecule has 1 saturated heterocycles. The topological polar surface area (TPSA) is 138 Å². The fraction of sp³-hybridized carbons (Fsp3) is 0.379. The van der Waals surface area contributed by atoms with E-state index in [0.29, 0.717) is 48.2 Å². The highest BCUT2D eigenvalue weighted by atomic mass is 127. The van der Waals surface area contributed by atoms with Crippen LogP contribution in [0.15, 0.2) is 64.3 Å². The maximum absolute atomic E-state index is 14.1. The second-order valence-electron chi connectivity index (χ2n) is 11.3. The monoisotopic (exact) mass is 852 g/mol. The van der Waals surface area contributed by atoms with Crippen molar-refractivity contribution >= 4 is 78.5 Å². The summed E-state index contributed by atoms with van der Waals surface area (Å²) in [5.74, 6) is -0.129. The molecule has 1 fully saturated rings. The molecule has 4 aromatic rings. The van der Waals surface area contributed by atoms with Crippen LogP contribution >= 0.6 is 56.9 Å². The fourth-order valence-electron chi connectivity index (χ4n) is 6.01. The van der Waals surface area contributed by atoms with E-state index in [9.17, 15) is 26.7 Å². The molecule has 0 radical (unpaired) electrons. The van der Waals surface area contributed by atoms with Crippen LogP contribution in [-0.2, 0) is 15.8 Å². The molecule has 0 bridgehead atoms. The van der Waals surface area contributed by atoms with Crippen LogP contribution in [0.3, 0.4) is 0 Å². The minimum absolute atomic E-state index is 0.0794. The van der Waals surface area contributed by atoms with Crippen LogP contribution < -0.4 is 9.44 Å². The van der Waals surface area contributed by atoms with E-state index in [-0.39, 0.29) is 30.1 Å². The average molecular weight is 853 g/mol. The molecule has 256 valence electrons. The molecule has 5 heterocycles. The van der Waals surface area contributed by atoms with E-state index in [1.165, 1.54) is 40.9 Å². The van der Waals surface area contributed by atoms with Gasteiger partial charge in [0.05, 0.1) is 5.69 Å². The first-order valence-corrected chi connectivity index (χ1v) is 19.8. The number of benzene rings is 1. The number of rotatable bonds is 13. The molecule has 19 heteroatoms. The highest BCUT2D eigenvalue weighted by Crippen LogP contribution is 2.46. The summed E-state index contributed by atoms with van der Waals surface area (Å²) >= 11 is 11.3. The largest absolute Gasteiger partial charge is 0.383 e. The molecule has 6 rings (SSSR count). The summed E-state index contributed by atoms with van der Waals surface area (Å²) in [6.07, 6.45) is 5.00. The van der Waals surface area contributed by atoms with Crippen molar-refractivity contribution in [1.82, 2.24) is 34.1 Å². The number of hydrogen-bond acceptors (Lipinski definition) is 10. The van der Waals surface area contributed by atoms with Crippen molar-refractivity contribution in [2.75, 3.05) is 11.0 Å². The van der Waals surface area contributed by atoms with Crippen molar-refractivity contribution in [2.45, 2.75) is 56.5 Å². The first-order valence-electron chi connectivity index (χ1n) is 14.6. The first-order chi connectivity index (χ1) is 22.9. The minimum Gasteiger partial charge on any atom is -0.383 e. The fourth-order valence-corrected chi connectivity index (χ4v) is 9.86. The summed E-state index contributed by atoms with van der Waals surface area (Å²) in [6.45, 7) is -1.08. The van der Waals surface area contributed by atoms with Crippen LogP contribution in [0.1, 0.15) is 60.1 Å². The molecule has 4 atom stereocenters. The average Bonchev–Trinajstić information content (AvgIpc) is 3.83. The standard InChI is InChI=1S/C29H29ClF3IN8O3S3/c1-16(14-29(43,5-6-34)27-36-8-11-47-27)39-48(44,45)40-18-13-22-23(21-4-9-42(38-21)28(32)33)24(19-3-2-17(31)12-20(19)30)37-25(41(22)15-18)26-35-7-10-46-26/h2-4,7-12,16,18,24,28,39-40,43H,5-6,13-15H2,1H3/t16?,18-,24-,29?/m0/s1. The Bertz CT molecular complexity index is 1930. The molecule has 3 aromatic heterocycles. The van der Waals surface area contributed by atoms with Gasteiger partial charge in [-0.3, -0.25) is 4.99 Å². The molecule has 2 aliphatic heterocycles. The third kappa shape index (κ3) is 7.49. The number of alkyl halides is 3. The number of nitrogens with one attached hydrogen (secondary N) is 2. The van der Waals surface area contributed by atoms with E-state index in [0.717, 1.165) is 12.3 Å². The zero-order chi connectivity index (χ0) is 34.2. The number of aliphatic imine (C=N–C) groups is 1. The van der Waals surface area contributed by atoms with Gasteiger partial charge in [-0.1, -0.05) is 40.3 Å². The summed E-state index contributed by atoms with van der Waals surface area (Å²) in [6, 6.07) is 3.07. The Morgan fingerprint density at radius 1 is 1.21 bits per heavy atom. The van der Waals surface area contributed by atoms with Crippen LogP contribution in [0.2, 0.25) is 5.02 Å². The van der Waals surface area contributed by atoms with Gasteiger partial charge >= 0.3 is 6.55 Å². The Balaban J connectivity index is 1.33. The van der Waals surface area contributed by atoms with E-state index < -0.39 is 46.3 Å². The van der Waals surface area contributed by atoms with Crippen molar-refractivity contribution in [3.8, 4) is 0 Å². The number of thiazole rings is 2. The Morgan fingerprint density at radius 2 is 1.98 bits per heavy atom. The molecule has 0 spiro atoms. The minimum atomic E-state index is -4.11. The van der Waals surface area contributed by atoms with Gasteiger partial charge in [0.15, 0.2) is 10.8 Å². The zero-order valence-electron chi connectivity index (χ0n) is 25.1. The van der Waals surface area contributed by atoms with Crippen molar-refractivity contribution in [3.05, 3.63) is 91.4 Å². The highest BCUT2D eigenvalue weighted by Gasteiger charge is 2.42. The van der Waals surface area contributed by atoms with Gasteiger partial charge in [-0.05, 0) is 38.0 Å². The van der Waals surface area contributed by atoms with Crippen LogP contribution in [0.25, 0.3) is 5.57 Å².